The van der Waals surface area contributed by atoms with Crippen LogP contribution < -0.4 is 10.2 Å². The van der Waals surface area contributed by atoms with E-state index in [0.717, 1.165) is 45.5 Å². The number of ether oxygens (including phenoxy) is 1. The van der Waals surface area contributed by atoms with Gasteiger partial charge >= 0.3 is 5.97 Å². The molecule has 0 aliphatic heterocycles. The minimum atomic E-state index is -0.502. The molecule has 3 aromatic carbocycles. The molecule has 7 heteroatoms. The van der Waals surface area contributed by atoms with E-state index in [4.69, 9.17) is 14.7 Å². The molecule has 4 aromatic rings. The number of nitrogens with one attached hydrogen (secondary N) is 1. The van der Waals surface area contributed by atoms with Gasteiger partial charge in [0.1, 0.15) is 11.9 Å². The van der Waals surface area contributed by atoms with Crippen LogP contribution in [0.4, 0.5) is 0 Å². The predicted octanol–water partition coefficient (Wildman–Crippen LogP) is 6.16. The zero-order valence-electron chi connectivity index (χ0n) is 21.1. The summed E-state index contributed by atoms with van der Waals surface area (Å²) in [5, 5.41) is 5.82. The van der Waals surface area contributed by atoms with Crippen molar-refractivity contribution >= 4 is 22.8 Å². The minimum absolute atomic E-state index is 0.173. The van der Waals surface area contributed by atoms with Crippen LogP contribution in [0, 0.1) is 13.8 Å². The molecule has 0 bridgehead atoms. The van der Waals surface area contributed by atoms with Gasteiger partial charge in [-0.15, -0.1) is 0 Å². The average Bonchev–Trinajstić information content (AvgIpc) is 3.30. The maximum Gasteiger partial charge on any atom is 0.331 e. The first-order chi connectivity index (χ1) is 17.4. The Hall–Kier alpha value is -4.13. The summed E-state index contributed by atoms with van der Waals surface area (Å²) in [4.78, 5) is 29.1. The van der Waals surface area contributed by atoms with Crippen molar-refractivity contribution < 1.29 is 19.2 Å². The van der Waals surface area contributed by atoms with Gasteiger partial charge in [-0.2, -0.15) is 10.6 Å². The number of rotatable bonds is 8. The highest BCUT2D eigenvalue weighted by molar-refractivity contribution is 5.95. The number of hydrogen-bond acceptors (Lipinski definition) is 5. The van der Waals surface area contributed by atoms with Gasteiger partial charge in [0.2, 0.25) is 0 Å². The number of benzene rings is 3. The fraction of sp³-hybridized carbons (Fsp3) is 0.276. The first kappa shape index (κ1) is 25.0. The molecule has 7 nitrogen and oxygen atoms in total. The third kappa shape index (κ3) is 5.40. The molecule has 1 unspecified atom stereocenters. The number of hydroxylamine groups is 1. The Morgan fingerprint density at radius 1 is 1.00 bits per heavy atom. The van der Waals surface area contributed by atoms with E-state index in [1.807, 2.05) is 73.3 Å². The van der Waals surface area contributed by atoms with Crippen molar-refractivity contribution in [2.24, 2.45) is 0 Å². The van der Waals surface area contributed by atoms with E-state index in [-0.39, 0.29) is 12.5 Å². The highest BCUT2D eigenvalue weighted by atomic mass is 16.7. The van der Waals surface area contributed by atoms with Gasteiger partial charge in [0.05, 0.1) is 11.2 Å². The molecule has 4 rings (SSSR count). The fourth-order valence-electron chi connectivity index (χ4n) is 4.34. The maximum atomic E-state index is 12.8. The molecule has 1 aromatic heterocycles. The Balaban J connectivity index is 1.62. The number of amides is 1. The fourth-order valence-corrected chi connectivity index (χ4v) is 4.34. The van der Waals surface area contributed by atoms with Crippen LogP contribution in [0.2, 0.25) is 0 Å². The summed E-state index contributed by atoms with van der Waals surface area (Å²) in [5.74, 6) is -0.264. The highest BCUT2D eigenvalue weighted by Crippen LogP contribution is 2.32. The lowest BCUT2D eigenvalue weighted by atomic mass is 9.98. The maximum absolute atomic E-state index is 12.8. The number of aryl methyl sites for hydroxylation is 2. The Morgan fingerprint density at radius 3 is 2.39 bits per heavy atom. The molecule has 0 radical (unpaired) electrons. The van der Waals surface area contributed by atoms with Gasteiger partial charge in [-0.3, -0.25) is 4.79 Å². The molecule has 0 saturated heterocycles. The normalized spacial score (nSPS) is 11.8. The standard InChI is InChI=1S/C29H31N3O4/c1-5-11-26(23-13-8-9-14-24(23)29(34)31-36-27(33)6-2)35-22-16-19(3)28(20(4)17-22)32-18-21-12-7-10-15-25(21)30-32/h7-10,12-18,26H,5-6,11H2,1-4H3,(H,31,34). The largest absolute Gasteiger partial charge is 0.486 e. The van der Waals surface area contributed by atoms with Crippen molar-refractivity contribution in [2.45, 2.75) is 53.1 Å². The number of aromatic nitrogens is 2. The van der Waals surface area contributed by atoms with E-state index in [9.17, 15) is 9.59 Å². The second-order valence-corrected chi connectivity index (χ2v) is 8.78. The van der Waals surface area contributed by atoms with Crippen molar-refractivity contribution in [3.8, 4) is 11.4 Å². The summed E-state index contributed by atoms with van der Waals surface area (Å²) >= 11 is 0. The van der Waals surface area contributed by atoms with Crippen LogP contribution in [0.15, 0.2) is 66.9 Å². The average molecular weight is 486 g/mol. The summed E-state index contributed by atoms with van der Waals surface area (Å²) in [6, 6.07) is 19.3. The van der Waals surface area contributed by atoms with Crippen LogP contribution in [0.3, 0.4) is 0 Å². The Morgan fingerprint density at radius 2 is 1.69 bits per heavy atom. The van der Waals surface area contributed by atoms with Crippen LogP contribution in [-0.4, -0.2) is 21.7 Å². The molecule has 0 aliphatic carbocycles. The Labute approximate surface area is 211 Å². The monoisotopic (exact) mass is 485 g/mol. The lowest BCUT2D eigenvalue weighted by Crippen LogP contribution is -2.28. The van der Waals surface area contributed by atoms with E-state index in [1.165, 1.54) is 0 Å². The van der Waals surface area contributed by atoms with Crippen molar-refractivity contribution in [1.82, 2.24) is 15.3 Å². The summed E-state index contributed by atoms with van der Waals surface area (Å²) in [7, 11) is 0. The topological polar surface area (TPSA) is 82.5 Å². The van der Waals surface area contributed by atoms with Gasteiger partial charge in [0.25, 0.3) is 5.91 Å². The van der Waals surface area contributed by atoms with Crippen LogP contribution in [0.25, 0.3) is 16.6 Å². The minimum Gasteiger partial charge on any atom is -0.486 e. The highest BCUT2D eigenvalue weighted by Gasteiger charge is 2.22. The summed E-state index contributed by atoms with van der Waals surface area (Å²) in [5.41, 5.74) is 7.43. The van der Waals surface area contributed by atoms with E-state index < -0.39 is 11.9 Å². The van der Waals surface area contributed by atoms with Crippen LogP contribution >= 0.6 is 0 Å². The third-order valence-electron chi connectivity index (χ3n) is 6.04. The molecule has 36 heavy (non-hydrogen) atoms. The quantitative estimate of drug-likeness (QED) is 0.302. The molecule has 1 heterocycles. The van der Waals surface area contributed by atoms with Crippen molar-refractivity contribution in [1.29, 1.82) is 0 Å². The summed E-state index contributed by atoms with van der Waals surface area (Å²) < 4.78 is 8.39. The second-order valence-electron chi connectivity index (χ2n) is 8.78. The molecule has 1 N–H and O–H groups in total. The number of nitrogens with zero attached hydrogens (tertiary/aromatic N) is 2. The van der Waals surface area contributed by atoms with Crippen LogP contribution in [-0.2, 0) is 9.63 Å². The van der Waals surface area contributed by atoms with Crippen LogP contribution in [0.5, 0.6) is 5.75 Å². The number of fused-ring (bicyclic) bond motifs is 1. The number of carbonyl (C=O) groups is 2. The van der Waals surface area contributed by atoms with E-state index >= 15 is 0 Å². The molecule has 1 amide bonds. The first-order valence-corrected chi connectivity index (χ1v) is 12.2. The second kappa shape index (κ2) is 11.1. The van der Waals surface area contributed by atoms with Gasteiger partial charge < -0.3 is 9.57 Å². The first-order valence-electron chi connectivity index (χ1n) is 12.2. The van der Waals surface area contributed by atoms with E-state index in [1.54, 1.807) is 19.1 Å². The lowest BCUT2D eigenvalue weighted by Gasteiger charge is -2.23. The van der Waals surface area contributed by atoms with E-state index in [0.29, 0.717) is 12.0 Å². The number of hydrogen-bond donors (Lipinski definition) is 1. The van der Waals surface area contributed by atoms with Gasteiger partial charge in [0, 0.05) is 29.1 Å². The molecule has 0 aliphatic rings. The molecule has 1 atom stereocenters. The SMILES string of the molecule is CCCC(Oc1cc(C)c(-n2cc3ccccc3n2)c(C)c1)c1ccccc1C(=O)NOC(=O)CC. The van der Waals surface area contributed by atoms with Gasteiger partial charge in [-0.25, -0.2) is 9.48 Å². The molecule has 0 spiro atoms. The zero-order valence-corrected chi connectivity index (χ0v) is 21.1. The van der Waals surface area contributed by atoms with Crippen molar-refractivity contribution in [3.63, 3.8) is 0 Å². The molecule has 0 fully saturated rings. The molecule has 0 saturated carbocycles. The third-order valence-corrected chi connectivity index (χ3v) is 6.04. The Bertz CT molecular complexity index is 1340. The molecular weight excluding hydrogens is 454 g/mol. The van der Waals surface area contributed by atoms with Crippen molar-refractivity contribution in [2.75, 3.05) is 0 Å². The molecule has 186 valence electrons. The summed E-state index contributed by atoms with van der Waals surface area (Å²) in [6.07, 6.45) is 3.43. The molecular formula is C29H31N3O4. The van der Waals surface area contributed by atoms with E-state index in [2.05, 4.69) is 12.4 Å². The smallest absolute Gasteiger partial charge is 0.331 e. The lowest BCUT2D eigenvalue weighted by molar-refractivity contribution is -0.148. The number of carbonyl (C=O) groups excluding carboxylic acids is 2. The van der Waals surface area contributed by atoms with Crippen LogP contribution in [0.1, 0.15) is 66.3 Å². The van der Waals surface area contributed by atoms with Crippen molar-refractivity contribution in [3.05, 3.63) is 89.1 Å². The Kier molecular flexibility index (Phi) is 7.68. The zero-order chi connectivity index (χ0) is 25.7. The van der Waals surface area contributed by atoms with Gasteiger partial charge in [-0.05, 0) is 55.7 Å². The summed E-state index contributed by atoms with van der Waals surface area (Å²) in [6.45, 7) is 7.82. The predicted molar refractivity (Wildman–Crippen MR) is 139 cm³/mol. The van der Waals surface area contributed by atoms with Gasteiger partial charge in [0.15, 0.2) is 0 Å². The van der Waals surface area contributed by atoms with Gasteiger partial charge in [-0.1, -0.05) is 56.7 Å².